The Balaban J connectivity index is 1.50. The van der Waals surface area contributed by atoms with E-state index < -0.39 is 90.5 Å². The quantitative estimate of drug-likeness (QED) is 0.0487. The number of nitrogens with one attached hydrogen (secondary N) is 2. The summed E-state index contributed by atoms with van der Waals surface area (Å²) in [6, 6.07) is 0. The summed E-state index contributed by atoms with van der Waals surface area (Å²) in [4.78, 5) is 95.8. The number of fused-ring (bicyclic) bond motifs is 1. The molecule has 55 heavy (non-hydrogen) atoms. The highest BCUT2D eigenvalue weighted by Gasteiger charge is 2.47. The maximum Gasteiger partial charge on any atom is 0.274 e. The number of hydrogen-bond acceptors (Lipinski definition) is 23. The molecule has 0 bridgehead atoms. The van der Waals surface area contributed by atoms with Crippen molar-refractivity contribution >= 4 is 69.1 Å². The molecular formula is C26H40N7O18P3S-4. The third kappa shape index (κ3) is 13.8. The van der Waals surface area contributed by atoms with Crippen molar-refractivity contribution in [2.75, 3.05) is 44.4 Å². The van der Waals surface area contributed by atoms with Gasteiger partial charge in [-0.05, 0) is 6.42 Å². The first-order valence-corrected chi connectivity index (χ1v) is 21.5. The van der Waals surface area contributed by atoms with E-state index in [4.69, 9.17) is 15.6 Å². The minimum Gasteiger partial charge on any atom is -0.790 e. The lowest BCUT2D eigenvalue weighted by atomic mass is 9.87. The van der Waals surface area contributed by atoms with Gasteiger partial charge in [0, 0.05) is 30.7 Å². The zero-order valence-corrected chi connectivity index (χ0v) is 32.9. The normalized spacial score (nSPS) is 22.4. The standard InChI is InChI=1S/C26H44N7O18P3S/c1-4-14(9-34)25(39)55-8-7-28-16(35)5-6-29-23(38)20(37)26(2,3)11-48-54(45,46)51-53(43,44)47-10-15-19(50-52(40,41)42)18(36)24(49-15)33-13-32-17-21(27)30-12-31-22(17)33/h12-15,18-20,24,34,36-37H,4-11H2,1-3H3,(H,28,35)(H,29,38)(H,43,44)(H,45,46)(H2,27,30,31)(H2,40,41,42)/p-4. The Bertz CT molecular complexity index is 1800. The van der Waals surface area contributed by atoms with Gasteiger partial charge in [0.25, 0.3) is 15.6 Å². The van der Waals surface area contributed by atoms with Crippen molar-refractivity contribution in [1.82, 2.24) is 30.2 Å². The summed E-state index contributed by atoms with van der Waals surface area (Å²) in [5, 5.41) is 35.0. The van der Waals surface area contributed by atoms with Crippen LogP contribution in [-0.2, 0) is 50.7 Å². The molecule has 1 fully saturated rings. The molecule has 0 aliphatic carbocycles. The summed E-state index contributed by atoms with van der Waals surface area (Å²) in [5.41, 5.74) is 4.04. The van der Waals surface area contributed by atoms with Gasteiger partial charge in [-0.2, -0.15) is 0 Å². The Hall–Kier alpha value is -2.48. The van der Waals surface area contributed by atoms with Crippen LogP contribution in [0.2, 0.25) is 0 Å². The fraction of sp³-hybridized carbons (Fsp3) is 0.692. The number of ether oxygens (including phenoxy) is 1. The Kier molecular flexibility index (Phi) is 16.9. The molecule has 8 unspecified atom stereocenters. The minimum atomic E-state index is -5.92. The number of nitrogen functional groups attached to an aromatic ring is 1. The van der Waals surface area contributed by atoms with E-state index in [1.807, 2.05) is 0 Å². The predicted octanol–water partition coefficient (Wildman–Crippen LogP) is -3.84. The number of aliphatic hydroxyl groups is 3. The molecule has 29 heteroatoms. The topological polar surface area (TPSA) is 395 Å². The van der Waals surface area contributed by atoms with Crippen LogP contribution in [0.5, 0.6) is 0 Å². The van der Waals surface area contributed by atoms with Gasteiger partial charge >= 0.3 is 0 Å². The molecule has 0 aromatic carbocycles. The van der Waals surface area contributed by atoms with E-state index in [1.54, 1.807) is 6.92 Å². The summed E-state index contributed by atoms with van der Waals surface area (Å²) in [6.45, 7) is 1.45. The van der Waals surface area contributed by atoms with Gasteiger partial charge < -0.3 is 74.1 Å². The molecule has 3 rings (SSSR count). The lowest BCUT2D eigenvalue weighted by molar-refractivity contribution is -0.347. The van der Waals surface area contributed by atoms with Crippen LogP contribution < -0.4 is 35.9 Å². The van der Waals surface area contributed by atoms with Crippen LogP contribution in [0.25, 0.3) is 11.2 Å². The highest BCUT2D eigenvalue weighted by molar-refractivity contribution is 8.13. The highest BCUT2D eigenvalue weighted by Crippen LogP contribution is 2.56. The number of anilines is 1. The lowest BCUT2D eigenvalue weighted by Gasteiger charge is -2.36. The van der Waals surface area contributed by atoms with Crippen molar-refractivity contribution < 1.29 is 85.6 Å². The first-order chi connectivity index (χ1) is 25.5. The Morgan fingerprint density at radius 2 is 1.76 bits per heavy atom. The molecule has 2 aromatic heterocycles. The Morgan fingerprint density at radius 1 is 1.09 bits per heavy atom. The predicted molar refractivity (Wildman–Crippen MR) is 179 cm³/mol. The molecule has 312 valence electrons. The molecule has 3 heterocycles. The molecule has 1 aliphatic rings. The van der Waals surface area contributed by atoms with Gasteiger partial charge in [0.1, 0.15) is 36.3 Å². The number of hydrogen-bond donors (Lipinski definition) is 6. The largest absolute Gasteiger partial charge is 0.790 e. The monoisotopic (exact) mass is 863 g/mol. The maximum atomic E-state index is 12.5. The van der Waals surface area contributed by atoms with Gasteiger partial charge in [-0.3, -0.25) is 28.1 Å². The van der Waals surface area contributed by atoms with Gasteiger partial charge in [0.05, 0.1) is 39.9 Å². The van der Waals surface area contributed by atoms with E-state index in [-0.39, 0.29) is 54.0 Å². The van der Waals surface area contributed by atoms with Crippen molar-refractivity contribution in [3.05, 3.63) is 12.7 Å². The number of amides is 2. The molecule has 0 spiro atoms. The third-order valence-electron chi connectivity index (χ3n) is 7.77. The number of carbonyl (C=O) groups is 3. The van der Waals surface area contributed by atoms with E-state index >= 15 is 0 Å². The zero-order valence-electron chi connectivity index (χ0n) is 29.4. The fourth-order valence-corrected chi connectivity index (χ4v) is 8.37. The van der Waals surface area contributed by atoms with Crippen molar-refractivity contribution in [3.63, 3.8) is 0 Å². The highest BCUT2D eigenvalue weighted by atomic mass is 32.2. The first-order valence-electron chi connectivity index (χ1n) is 16.1. The first kappa shape index (κ1) is 46.9. The van der Waals surface area contributed by atoms with E-state index in [2.05, 4.69) is 43.5 Å². The molecular weight excluding hydrogens is 823 g/mol. The second kappa shape index (κ2) is 19.8. The van der Waals surface area contributed by atoms with Gasteiger partial charge in [-0.25, -0.2) is 19.3 Å². The van der Waals surface area contributed by atoms with Crippen LogP contribution in [0.15, 0.2) is 12.7 Å². The molecule has 2 aromatic rings. The molecule has 8 atom stereocenters. The number of nitrogens with zero attached hydrogens (tertiary/aromatic N) is 4. The number of phosphoric ester groups is 3. The smallest absolute Gasteiger partial charge is 0.274 e. The van der Waals surface area contributed by atoms with Crippen LogP contribution in [0.4, 0.5) is 5.82 Å². The van der Waals surface area contributed by atoms with Crippen LogP contribution >= 0.6 is 35.2 Å². The number of imidazole rings is 1. The van der Waals surface area contributed by atoms with Crippen molar-refractivity contribution in [1.29, 1.82) is 0 Å². The SMILES string of the molecule is CCC(CO)C(=O)SCCNC(=O)CCNC(=O)C(O)C(C)(C)COP(=O)([O-])OP(=O)([O-])OCC1OC(n2cnc3c(N)ncnc32)C(O)C1OP(=O)([O-])[O-]. The average Bonchev–Trinajstić information content (AvgIpc) is 3.65. The Morgan fingerprint density at radius 3 is 2.40 bits per heavy atom. The summed E-state index contributed by atoms with van der Waals surface area (Å²) >= 11 is 0.956. The molecule has 0 radical (unpaired) electrons. The lowest BCUT2D eigenvalue weighted by Crippen LogP contribution is -2.46. The fourth-order valence-electron chi connectivity index (χ4n) is 4.75. The zero-order chi connectivity index (χ0) is 41.4. The van der Waals surface area contributed by atoms with Crippen LogP contribution in [-0.4, -0.2) is 115 Å². The number of thioether (sulfide) groups is 1. The van der Waals surface area contributed by atoms with Crippen molar-refractivity contribution in [2.24, 2.45) is 11.3 Å². The number of rotatable bonds is 22. The van der Waals surface area contributed by atoms with Crippen LogP contribution in [0.3, 0.4) is 0 Å². The number of aromatic nitrogens is 4. The molecule has 7 N–H and O–H groups in total. The van der Waals surface area contributed by atoms with E-state index in [0.717, 1.165) is 29.0 Å². The number of carbonyl (C=O) groups excluding carboxylic acids is 3. The molecule has 1 saturated heterocycles. The molecule has 0 saturated carbocycles. The number of aliphatic hydroxyl groups excluding tert-OH is 3. The average molecular weight is 864 g/mol. The van der Waals surface area contributed by atoms with Gasteiger partial charge in [0.2, 0.25) is 11.8 Å². The van der Waals surface area contributed by atoms with E-state index in [0.29, 0.717) is 6.42 Å². The third-order valence-corrected chi connectivity index (χ3v) is 11.8. The second-order valence-electron chi connectivity index (χ2n) is 12.4. The van der Waals surface area contributed by atoms with Gasteiger partial charge in [-0.1, -0.05) is 32.5 Å². The maximum absolute atomic E-state index is 12.5. The van der Waals surface area contributed by atoms with Crippen LogP contribution in [0, 0.1) is 11.3 Å². The van der Waals surface area contributed by atoms with E-state index in [1.165, 1.54) is 13.8 Å². The van der Waals surface area contributed by atoms with Crippen molar-refractivity contribution in [2.45, 2.75) is 64.3 Å². The Labute approximate surface area is 317 Å². The minimum absolute atomic E-state index is 0.0257. The van der Waals surface area contributed by atoms with Crippen molar-refractivity contribution in [3.8, 4) is 0 Å². The second-order valence-corrected chi connectivity index (χ2v) is 17.6. The number of phosphoric acid groups is 3. The van der Waals surface area contributed by atoms with Gasteiger partial charge in [0.15, 0.2) is 22.8 Å². The molecule has 25 nitrogen and oxygen atoms in total. The molecule has 1 aliphatic heterocycles. The van der Waals surface area contributed by atoms with E-state index in [9.17, 15) is 57.9 Å². The van der Waals surface area contributed by atoms with Crippen LogP contribution in [0.1, 0.15) is 39.8 Å². The summed E-state index contributed by atoms with van der Waals surface area (Å²) in [7, 11) is -17.6. The summed E-state index contributed by atoms with van der Waals surface area (Å²) < 4.78 is 60.4. The van der Waals surface area contributed by atoms with Gasteiger partial charge in [-0.15, -0.1) is 0 Å². The summed E-state index contributed by atoms with van der Waals surface area (Å²) in [5.74, 6) is -1.85. The molecule has 2 amide bonds. The summed E-state index contributed by atoms with van der Waals surface area (Å²) in [6.07, 6.45) is -7.19. The number of nitrogens with two attached hydrogens (primary N) is 1.